The Labute approximate surface area is 203 Å². The number of carbonyl (C=O) groups is 1. The fourth-order valence-corrected chi connectivity index (χ4v) is 3.46. The summed E-state index contributed by atoms with van der Waals surface area (Å²) in [5.41, 5.74) is 3.49. The predicted molar refractivity (Wildman–Crippen MR) is 135 cm³/mol. The van der Waals surface area contributed by atoms with Gasteiger partial charge in [0, 0.05) is 24.5 Å². The van der Waals surface area contributed by atoms with Crippen LogP contribution < -0.4 is 15.4 Å². The third-order valence-corrected chi connectivity index (χ3v) is 5.46. The molecule has 0 spiro atoms. The van der Waals surface area contributed by atoms with Gasteiger partial charge in [0.1, 0.15) is 11.4 Å². The molecule has 0 atom stereocenters. The molecule has 2 heterocycles. The second kappa shape index (κ2) is 10.3. The van der Waals surface area contributed by atoms with E-state index in [0.717, 1.165) is 23.0 Å². The third kappa shape index (κ3) is 5.43. The van der Waals surface area contributed by atoms with Crippen molar-refractivity contribution in [2.45, 2.75) is 26.7 Å². The SMILES string of the molecule is CNc1ncc(F)c(-c2cccnc2Oc2cc(C(=O)Nc3cccc(C(C)C)c3)ccc2C)n1. The minimum absolute atomic E-state index is 0.0593. The molecule has 2 N–H and O–H groups in total. The van der Waals surface area contributed by atoms with Gasteiger partial charge in [0.05, 0.1) is 11.8 Å². The molecule has 4 rings (SSSR count). The molecule has 35 heavy (non-hydrogen) atoms. The number of aryl methyl sites for hydroxylation is 1. The summed E-state index contributed by atoms with van der Waals surface area (Å²) in [5, 5.41) is 5.74. The Morgan fingerprint density at radius 3 is 2.66 bits per heavy atom. The van der Waals surface area contributed by atoms with Crippen LogP contribution in [-0.4, -0.2) is 27.9 Å². The first-order valence-electron chi connectivity index (χ1n) is 11.2. The second-order valence-corrected chi connectivity index (χ2v) is 8.31. The van der Waals surface area contributed by atoms with Gasteiger partial charge < -0.3 is 15.4 Å². The molecule has 0 aliphatic rings. The number of nitrogens with zero attached hydrogens (tertiary/aromatic N) is 3. The van der Waals surface area contributed by atoms with E-state index >= 15 is 0 Å². The maximum Gasteiger partial charge on any atom is 0.255 e. The molecule has 8 heteroatoms. The summed E-state index contributed by atoms with van der Waals surface area (Å²) < 4.78 is 20.6. The van der Waals surface area contributed by atoms with Gasteiger partial charge in [-0.15, -0.1) is 0 Å². The van der Waals surface area contributed by atoms with E-state index in [9.17, 15) is 9.18 Å². The predicted octanol–water partition coefficient (Wildman–Crippen LogP) is 6.20. The third-order valence-electron chi connectivity index (χ3n) is 5.46. The van der Waals surface area contributed by atoms with Crippen LogP contribution in [0.15, 0.2) is 67.0 Å². The number of pyridine rings is 1. The number of rotatable bonds is 7. The smallest absolute Gasteiger partial charge is 0.255 e. The lowest BCUT2D eigenvalue weighted by molar-refractivity contribution is 0.102. The number of hydrogen-bond donors (Lipinski definition) is 2. The van der Waals surface area contributed by atoms with Gasteiger partial charge in [-0.25, -0.2) is 19.3 Å². The fraction of sp³-hybridized carbons (Fsp3) is 0.185. The average Bonchev–Trinajstić information content (AvgIpc) is 2.86. The normalized spacial score (nSPS) is 10.8. The van der Waals surface area contributed by atoms with E-state index in [1.165, 1.54) is 0 Å². The molecule has 4 aromatic rings. The van der Waals surface area contributed by atoms with Crippen molar-refractivity contribution in [2.24, 2.45) is 0 Å². The van der Waals surface area contributed by atoms with E-state index < -0.39 is 5.82 Å². The fourth-order valence-electron chi connectivity index (χ4n) is 3.46. The maximum atomic E-state index is 14.6. The molecular formula is C27H26FN5O2. The quantitative estimate of drug-likeness (QED) is 0.334. The van der Waals surface area contributed by atoms with E-state index in [2.05, 4.69) is 39.4 Å². The van der Waals surface area contributed by atoms with Gasteiger partial charge in [-0.2, -0.15) is 0 Å². The first kappa shape index (κ1) is 23.8. The largest absolute Gasteiger partial charge is 0.438 e. The molecule has 2 aromatic heterocycles. The lowest BCUT2D eigenvalue weighted by atomic mass is 10.0. The van der Waals surface area contributed by atoms with E-state index in [1.54, 1.807) is 43.6 Å². The Balaban J connectivity index is 1.63. The van der Waals surface area contributed by atoms with Crippen LogP contribution in [0, 0.1) is 12.7 Å². The number of amides is 1. The zero-order valence-corrected chi connectivity index (χ0v) is 20.0. The van der Waals surface area contributed by atoms with Gasteiger partial charge in [-0.3, -0.25) is 4.79 Å². The molecule has 0 aliphatic heterocycles. The van der Waals surface area contributed by atoms with Gasteiger partial charge in [-0.05, 0) is 60.4 Å². The molecule has 0 aliphatic carbocycles. The number of hydrogen-bond acceptors (Lipinski definition) is 6. The van der Waals surface area contributed by atoms with Crippen molar-refractivity contribution in [3.05, 3.63) is 89.5 Å². The summed E-state index contributed by atoms with van der Waals surface area (Å²) >= 11 is 0. The number of carbonyl (C=O) groups excluding carboxylic acids is 1. The molecule has 0 fully saturated rings. The second-order valence-electron chi connectivity index (χ2n) is 8.31. The number of ether oxygens (including phenoxy) is 1. The van der Waals surface area contributed by atoms with E-state index in [-0.39, 0.29) is 23.4 Å². The van der Waals surface area contributed by atoms with Crippen LogP contribution in [0.5, 0.6) is 11.6 Å². The molecule has 0 radical (unpaired) electrons. The van der Waals surface area contributed by atoms with Crippen molar-refractivity contribution in [1.82, 2.24) is 15.0 Å². The molecule has 178 valence electrons. The number of aromatic nitrogens is 3. The average molecular weight is 472 g/mol. The summed E-state index contributed by atoms with van der Waals surface area (Å²) in [4.78, 5) is 25.3. The van der Waals surface area contributed by atoms with E-state index in [1.807, 2.05) is 31.2 Å². The van der Waals surface area contributed by atoms with Gasteiger partial charge in [-0.1, -0.05) is 32.0 Å². The van der Waals surface area contributed by atoms with Gasteiger partial charge in [0.15, 0.2) is 5.82 Å². The van der Waals surface area contributed by atoms with Crippen molar-refractivity contribution in [3.63, 3.8) is 0 Å². The van der Waals surface area contributed by atoms with Crippen LogP contribution in [0.4, 0.5) is 16.0 Å². The zero-order chi connectivity index (χ0) is 24.9. The summed E-state index contributed by atoms with van der Waals surface area (Å²) in [6.07, 6.45) is 2.64. The molecule has 0 bridgehead atoms. The molecule has 0 saturated carbocycles. The molecule has 0 unspecified atom stereocenters. The monoisotopic (exact) mass is 471 g/mol. The zero-order valence-electron chi connectivity index (χ0n) is 20.0. The highest BCUT2D eigenvalue weighted by atomic mass is 19.1. The Bertz CT molecular complexity index is 1370. The van der Waals surface area contributed by atoms with Crippen LogP contribution in [0.1, 0.15) is 41.3 Å². The first-order chi connectivity index (χ1) is 16.9. The summed E-state index contributed by atoms with van der Waals surface area (Å²) in [6, 6.07) is 16.3. The molecular weight excluding hydrogens is 445 g/mol. The first-order valence-corrected chi connectivity index (χ1v) is 11.2. The molecule has 1 amide bonds. The molecule has 7 nitrogen and oxygen atoms in total. The number of nitrogens with one attached hydrogen (secondary N) is 2. The van der Waals surface area contributed by atoms with Crippen LogP contribution in [0.25, 0.3) is 11.3 Å². The van der Waals surface area contributed by atoms with Crippen LogP contribution >= 0.6 is 0 Å². The van der Waals surface area contributed by atoms with Gasteiger partial charge in [0.2, 0.25) is 11.8 Å². The van der Waals surface area contributed by atoms with Crippen molar-refractivity contribution in [3.8, 4) is 22.9 Å². The van der Waals surface area contributed by atoms with Crippen LogP contribution in [-0.2, 0) is 0 Å². The summed E-state index contributed by atoms with van der Waals surface area (Å²) in [5.74, 6) is 0.345. The Morgan fingerprint density at radius 1 is 1.06 bits per heavy atom. The topological polar surface area (TPSA) is 89.0 Å². The number of anilines is 2. The van der Waals surface area contributed by atoms with Crippen LogP contribution in [0.3, 0.4) is 0 Å². The maximum absolute atomic E-state index is 14.6. The van der Waals surface area contributed by atoms with E-state index in [0.29, 0.717) is 22.8 Å². The minimum Gasteiger partial charge on any atom is -0.438 e. The van der Waals surface area contributed by atoms with Crippen molar-refractivity contribution in [2.75, 3.05) is 17.7 Å². The summed E-state index contributed by atoms with van der Waals surface area (Å²) in [7, 11) is 1.65. The van der Waals surface area contributed by atoms with Gasteiger partial charge in [0.25, 0.3) is 5.91 Å². The molecule has 0 saturated heterocycles. The Morgan fingerprint density at radius 2 is 1.89 bits per heavy atom. The Hall–Kier alpha value is -4.33. The van der Waals surface area contributed by atoms with Gasteiger partial charge >= 0.3 is 0 Å². The minimum atomic E-state index is -0.602. The highest BCUT2D eigenvalue weighted by molar-refractivity contribution is 6.04. The standard InChI is InChI=1S/C27H26FN5O2/c1-16(2)18-7-5-8-20(13-18)32-25(34)19-11-10-17(3)23(14-19)35-26-21(9-6-12-30-26)24-22(28)15-31-27(29-4)33-24/h5-16H,1-4H3,(H,32,34)(H,29,31,33). The lowest BCUT2D eigenvalue weighted by Crippen LogP contribution is -2.12. The number of benzene rings is 2. The van der Waals surface area contributed by atoms with Crippen molar-refractivity contribution >= 4 is 17.5 Å². The number of halogens is 1. The van der Waals surface area contributed by atoms with E-state index in [4.69, 9.17) is 4.74 Å². The highest BCUT2D eigenvalue weighted by Crippen LogP contribution is 2.33. The van der Waals surface area contributed by atoms with Crippen molar-refractivity contribution in [1.29, 1.82) is 0 Å². The van der Waals surface area contributed by atoms with Crippen LogP contribution in [0.2, 0.25) is 0 Å². The lowest BCUT2D eigenvalue weighted by Gasteiger charge is -2.14. The summed E-state index contributed by atoms with van der Waals surface area (Å²) in [6.45, 7) is 6.06. The molecule has 2 aromatic carbocycles. The highest BCUT2D eigenvalue weighted by Gasteiger charge is 2.17. The van der Waals surface area contributed by atoms with Crippen molar-refractivity contribution < 1.29 is 13.9 Å². The Kier molecular flexibility index (Phi) is 7.01.